The summed E-state index contributed by atoms with van der Waals surface area (Å²) in [4.78, 5) is 27.4. The molecule has 0 heterocycles. The molecule has 2 amide bonds. The van der Waals surface area contributed by atoms with Crippen LogP contribution in [-0.4, -0.2) is 28.8 Å². The first-order valence-corrected chi connectivity index (χ1v) is 9.98. The second-order valence-corrected chi connectivity index (χ2v) is 7.77. The van der Waals surface area contributed by atoms with E-state index in [0.29, 0.717) is 19.4 Å². The molecular formula is C24H32N2O2. The summed E-state index contributed by atoms with van der Waals surface area (Å²) in [5.74, 6) is -0.123. The summed E-state index contributed by atoms with van der Waals surface area (Å²) in [5, 5.41) is 2.93. The van der Waals surface area contributed by atoms with Crippen molar-refractivity contribution in [2.75, 3.05) is 0 Å². The molecule has 2 aromatic carbocycles. The maximum Gasteiger partial charge on any atom is 0.242 e. The highest BCUT2D eigenvalue weighted by atomic mass is 16.2. The average Bonchev–Trinajstić information content (AvgIpc) is 2.65. The lowest BCUT2D eigenvalue weighted by Gasteiger charge is -2.30. The van der Waals surface area contributed by atoms with Crippen LogP contribution in [0.2, 0.25) is 0 Å². The Balaban J connectivity index is 2.15. The van der Waals surface area contributed by atoms with Gasteiger partial charge in [-0.15, -0.1) is 0 Å². The first kappa shape index (κ1) is 21.7. The lowest BCUT2D eigenvalue weighted by atomic mass is 10.0. The van der Waals surface area contributed by atoms with Crippen LogP contribution in [0.15, 0.2) is 48.5 Å². The fourth-order valence-electron chi connectivity index (χ4n) is 3.11. The summed E-state index contributed by atoms with van der Waals surface area (Å²) in [6, 6.07) is 15.8. The second-order valence-electron chi connectivity index (χ2n) is 7.77. The summed E-state index contributed by atoms with van der Waals surface area (Å²) < 4.78 is 0. The topological polar surface area (TPSA) is 49.4 Å². The minimum absolute atomic E-state index is 0.00441. The molecule has 0 aliphatic carbocycles. The first-order valence-electron chi connectivity index (χ1n) is 9.98. The minimum Gasteiger partial charge on any atom is -0.352 e. The maximum atomic E-state index is 13.1. The van der Waals surface area contributed by atoms with E-state index in [9.17, 15) is 9.59 Å². The van der Waals surface area contributed by atoms with Gasteiger partial charge in [-0.05, 0) is 57.7 Å². The van der Waals surface area contributed by atoms with E-state index >= 15 is 0 Å². The molecule has 0 radical (unpaired) electrons. The maximum absolute atomic E-state index is 13.1. The van der Waals surface area contributed by atoms with Crippen LogP contribution < -0.4 is 5.32 Å². The Bertz CT molecular complexity index is 797. The van der Waals surface area contributed by atoms with Crippen molar-refractivity contribution in [2.45, 2.75) is 66.1 Å². The number of nitrogens with zero attached hydrogens (tertiary/aromatic N) is 1. The predicted molar refractivity (Wildman–Crippen MR) is 114 cm³/mol. The van der Waals surface area contributed by atoms with Gasteiger partial charge in [-0.1, -0.05) is 54.1 Å². The molecule has 0 bridgehead atoms. The molecule has 2 aromatic rings. The Labute approximate surface area is 169 Å². The van der Waals surface area contributed by atoms with Gasteiger partial charge in [0.2, 0.25) is 11.8 Å². The van der Waals surface area contributed by atoms with Crippen LogP contribution in [-0.2, 0) is 22.6 Å². The molecule has 0 saturated carbocycles. The van der Waals surface area contributed by atoms with E-state index in [1.54, 1.807) is 11.8 Å². The molecule has 0 aromatic heterocycles. The monoisotopic (exact) mass is 380 g/mol. The molecule has 4 nitrogen and oxygen atoms in total. The van der Waals surface area contributed by atoms with Gasteiger partial charge in [0.15, 0.2) is 0 Å². The third-order valence-corrected chi connectivity index (χ3v) is 4.95. The zero-order chi connectivity index (χ0) is 20.7. The highest BCUT2D eigenvalue weighted by Crippen LogP contribution is 2.16. The van der Waals surface area contributed by atoms with E-state index in [0.717, 1.165) is 16.7 Å². The van der Waals surface area contributed by atoms with Gasteiger partial charge in [0.25, 0.3) is 0 Å². The zero-order valence-electron chi connectivity index (χ0n) is 17.7. The number of nitrogens with one attached hydrogen (secondary N) is 1. The van der Waals surface area contributed by atoms with E-state index in [4.69, 9.17) is 0 Å². The summed E-state index contributed by atoms with van der Waals surface area (Å²) >= 11 is 0. The highest BCUT2D eigenvalue weighted by molar-refractivity contribution is 5.87. The minimum atomic E-state index is -0.521. The Morgan fingerprint density at radius 1 is 0.964 bits per heavy atom. The number of benzene rings is 2. The fraction of sp³-hybridized carbons (Fsp3) is 0.417. The predicted octanol–water partition coefficient (Wildman–Crippen LogP) is 4.18. The van der Waals surface area contributed by atoms with Crippen LogP contribution in [0, 0.1) is 13.8 Å². The van der Waals surface area contributed by atoms with E-state index < -0.39 is 6.04 Å². The van der Waals surface area contributed by atoms with Crippen molar-refractivity contribution >= 4 is 11.8 Å². The molecule has 0 aliphatic heterocycles. The van der Waals surface area contributed by atoms with Crippen molar-refractivity contribution in [3.8, 4) is 0 Å². The quantitative estimate of drug-likeness (QED) is 0.747. The van der Waals surface area contributed by atoms with Crippen molar-refractivity contribution in [3.63, 3.8) is 0 Å². The third kappa shape index (κ3) is 6.22. The van der Waals surface area contributed by atoms with E-state index in [-0.39, 0.29) is 17.9 Å². The molecule has 0 fully saturated rings. The van der Waals surface area contributed by atoms with Gasteiger partial charge < -0.3 is 10.2 Å². The standard InChI is InChI=1S/C24H32N2O2/c1-17(2)25-24(28)20(5)26(16-22-9-7-6-8-19(22)4)23(27)15-14-21-12-10-18(3)11-13-21/h6-13,17,20H,14-16H2,1-5H3,(H,25,28)/t20-/m0/s1. The second kappa shape index (κ2) is 10.1. The van der Waals surface area contributed by atoms with Gasteiger partial charge in [0.1, 0.15) is 6.04 Å². The molecule has 2 rings (SSSR count). The molecule has 0 unspecified atom stereocenters. The molecule has 4 heteroatoms. The summed E-state index contributed by atoms with van der Waals surface area (Å²) in [7, 11) is 0. The van der Waals surface area contributed by atoms with Crippen molar-refractivity contribution in [1.29, 1.82) is 0 Å². The van der Waals surface area contributed by atoms with Crippen LogP contribution in [0.1, 0.15) is 49.4 Å². The Morgan fingerprint density at radius 2 is 1.61 bits per heavy atom. The number of carbonyl (C=O) groups is 2. The third-order valence-electron chi connectivity index (χ3n) is 4.95. The normalized spacial score (nSPS) is 11.9. The number of aryl methyl sites for hydroxylation is 3. The van der Waals surface area contributed by atoms with Crippen molar-refractivity contribution in [1.82, 2.24) is 10.2 Å². The summed E-state index contributed by atoms with van der Waals surface area (Å²) in [6.07, 6.45) is 1.05. The van der Waals surface area contributed by atoms with Gasteiger partial charge in [0, 0.05) is 19.0 Å². The van der Waals surface area contributed by atoms with Gasteiger partial charge in [-0.3, -0.25) is 9.59 Å². The summed E-state index contributed by atoms with van der Waals surface area (Å²) in [6.45, 7) is 10.2. The Kier molecular flexibility index (Phi) is 7.80. The number of hydrogen-bond donors (Lipinski definition) is 1. The van der Waals surface area contributed by atoms with Crippen LogP contribution in [0.4, 0.5) is 0 Å². The average molecular weight is 381 g/mol. The lowest BCUT2D eigenvalue weighted by Crippen LogP contribution is -2.49. The molecule has 0 saturated heterocycles. The number of amides is 2. The lowest BCUT2D eigenvalue weighted by molar-refractivity contribution is -0.140. The molecule has 0 spiro atoms. The van der Waals surface area contributed by atoms with Gasteiger partial charge in [0.05, 0.1) is 0 Å². The molecule has 28 heavy (non-hydrogen) atoms. The van der Waals surface area contributed by atoms with Crippen LogP contribution in [0.3, 0.4) is 0 Å². The smallest absolute Gasteiger partial charge is 0.242 e. The Morgan fingerprint density at radius 3 is 2.21 bits per heavy atom. The SMILES string of the molecule is Cc1ccc(CCC(=O)N(Cc2ccccc2C)[C@@H](C)C(=O)NC(C)C)cc1. The van der Waals surface area contributed by atoms with Crippen molar-refractivity contribution < 1.29 is 9.59 Å². The highest BCUT2D eigenvalue weighted by Gasteiger charge is 2.26. The first-order chi connectivity index (χ1) is 13.3. The van der Waals surface area contributed by atoms with Gasteiger partial charge in [-0.2, -0.15) is 0 Å². The largest absolute Gasteiger partial charge is 0.352 e. The Hall–Kier alpha value is -2.62. The number of carbonyl (C=O) groups excluding carboxylic acids is 2. The molecular weight excluding hydrogens is 348 g/mol. The van der Waals surface area contributed by atoms with Gasteiger partial charge >= 0.3 is 0 Å². The van der Waals surface area contributed by atoms with Crippen molar-refractivity contribution in [2.24, 2.45) is 0 Å². The fourth-order valence-corrected chi connectivity index (χ4v) is 3.11. The zero-order valence-corrected chi connectivity index (χ0v) is 17.7. The van der Waals surface area contributed by atoms with E-state index in [2.05, 4.69) is 29.6 Å². The van der Waals surface area contributed by atoms with Crippen LogP contribution >= 0.6 is 0 Å². The van der Waals surface area contributed by atoms with E-state index in [1.807, 2.05) is 52.0 Å². The number of hydrogen-bond acceptors (Lipinski definition) is 2. The van der Waals surface area contributed by atoms with Crippen LogP contribution in [0.25, 0.3) is 0 Å². The van der Waals surface area contributed by atoms with Gasteiger partial charge in [-0.25, -0.2) is 0 Å². The van der Waals surface area contributed by atoms with Crippen LogP contribution in [0.5, 0.6) is 0 Å². The molecule has 1 atom stereocenters. The molecule has 0 aliphatic rings. The number of rotatable bonds is 8. The van der Waals surface area contributed by atoms with E-state index in [1.165, 1.54) is 5.56 Å². The molecule has 1 N–H and O–H groups in total. The van der Waals surface area contributed by atoms with Crippen molar-refractivity contribution in [3.05, 3.63) is 70.8 Å². The summed E-state index contributed by atoms with van der Waals surface area (Å²) in [5.41, 5.74) is 4.52. The molecule has 150 valence electrons.